The van der Waals surface area contributed by atoms with Crippen molar-refractivity contribution in [1.29, 1.82) is 0 Å². The lowest BCUT2D eigenvalue weighted by molar-refractivity contribution is -0.165. The van der Waals surface area contributed by atoms with Gasteiger partial charge < -0.3 is 10.6 Å². The van der Waals surface area contributed by atoms with Gasteiger partial charge in [0, 0.05) is 11.7 Å². The molecule has 116 valence electrons. The van der Waals surface area contributed by atoms with Crippen molar-refractivity contribution in [3.05, 3.63) is 24.0 Å². The van der Waals surface area contributed by atoms with Crippen LogP contribution in [0, 0.1) is 5.92 Å². The lowest BCUT2D eigenvalue weighted by Crippen LogP contribution is -2.46. The second kappa shape index (κ2) is 5.91. The number of halogens is 3. The van der Waals surface area contributed by atoms with Gasteiger partial charge in [-0.1, -0.05) is 0 Å². The van der Waals surface area contributed by atoms with Gasteiger partial charge in [0.05, 0.1) is 18.3 Å². The summed E-state index contributed by atoms with van der Waals surface area (Å²) in [6.45, 7) is 0.468. The van der Waals surface area contributed by atoms with Gasteiger partial charge in [-0.25, -0.2) is 0 Å². The van der Waals surface area contributed by atoms with E-state index in [2.05, 4.69) is 4.98 Å². The molecule has 0 saturated heterocycles. The molecule has 1 unspecified atom stereocenters. The van der Waals surface area contributed by atoms with Crippen molar-refractivity contribution in [1.82, 2.24) is 9.88 Å². The first kappa shape index (κ1) is 15.6. The monoisotopic (exact) mass is 301 g/mol. The molecule has 2 rings (SSSR count). The largest absolute Gasteiger partial charge is 0.406 e. The molecule has 1 saturated carbocycles. The number of nitrogens with zero attached hydrogens (tertiary/aromatic N) is 2. The van der Waals surface area contributed by atoms with Crippen LogP contribution in [-0.2, 0) is 11.2 Å². The molecule has 1 amide bonds. The van der Waals surface area contributed by atoms with Crippen LogP contribution in [0.15, 0.2) is 18.3 Å². The SMILES string of the molecule is CC(C1CC1)N(CC(F)(F)F)C(=O)Cc1ccc(N)cn1. The van der Waals surface area contributed by atoms with Crippen LogP contribution in [0.2, 0.25) is 0 Å². The van der Waals surface area contributed by atoms with Gasteiger partial charge in [-0.2, -0.15) is 13.2 Å². The van der Waals surface area contributed by atoms with E-state index < -0.39 is 24.7 Å². The Kier molecular flexibility index (Phi) is 4.39. The Labute approximate surface area is 121 Å². The molecule has 1 atom stereocenters. The molecule has 7 heteroatoms. The van der Waals surface area contributed by atoms with Crippen LogP contribution in [0.4, 0.5) is 18.9 Å². The van der Waals surface area contributed by atoms with Crippen molar-refractivity contribution in [3.63, 3.8) is 0 Å². The molecule has 0 aliphatic heterocycles. The first-order chi connectivity index (χ1) is 9.76. The summed E-state index contributed by atoms with van der Waals surface area (Å²) in [5, 5.41) is 0. The molecule has 0 aromatic carbocycles. The third kappa shape index (κ3) is 4.61. The second-order valence-corrected chi connectivity index (χ2v) is 5.47. The number of aromatic nitrogens is 1. The molecule has 1 aliphatic rings. The Balaban J connectivity index is 2.07. The predicted octanol–water partition coefficient (Wildman–Crippen LogP) is 2.40. The van der Waals surface area contributed by atoms with Crippen molar-refractivity contribution in [2.24, 2.45) is 5.92 Å². The van der Waals surface area contributed by atoms with Gasteiger partial charge >= 0.3 is 6.18 Å². The predicted molar refractivity (Wildman–Crippen MR) is 72.3 cm³/mol. The normalized spacial score (nSPS) is 16.6. The Morgan fingerprint density at radius 3 is 2.62 bits per heavy atom. The number of pyridine rings is 1. The van der Waals surface area contributed by atoms with Gasteiger partial charge in [0.15, 0.2) is 0 Å². The van der Waals surface area contributed by atoms with Crippen molar-refractivity contribution in [3.8, 4) is 0 Å². The number of rotatable bonds is 5. The lowest BCUT2D eigenvalue weighted by Gasteiger charge is -2.30. The molecule has 0 bridgehead atoms. The second-order valence-electron chi connectivity index (χ2n) is 5.47. The van der Waals surface area contributed by atoms with E-state index in [0.29, 0.717) is 11.4 Å². The van der Waals surface area contributed by atoms with Crippen LogP contribution in [0.1, 0.15) is 25.5 Å². The van der Waals surface area contributed by atoms with E-state index in [-0.39, 0.29) is 12.3 Å². The number of alkyl halides is 3. The molecule has 1 fully saturated rings. The van der Waals surface area contributed by atoms with Gasteiger partial charge in [0.25, 0.3) is 0 Å². The summed E-state index contributed by atoms with van der Waals surface area (Å²) >= 11 is 0. The summed E-state index contributed by atoms with van der Waals surface area (Å²) in [4.78, 5) is 17.1. The van der Waals surface area contributed by atoms with Crippen LogP contribution in [-0.4, -0.2) is 34.6 Å². The summed E-state index contributed by atoms with van der Waals surface area (Å²) in [5.74, 6) is -0.375. The Morgan fingerprint density at radius 2 is 2.14 bits per heavy atom. The first-order valence-electron chi connectivity index (χ1n) is 6.83. The van der Waals surface area contributed by atoms with E-state index in [0.717, 1.165) is 17.7 Å². The zero-order chi connectivity index (χ0) is 15.6. The summed E-state index contributed by atoms with van der Waals surface area (Å²) in [7, 11) is 0. The van der Waals surface area contributed by atoms with Gasteiger partial charge in [-0.3, -0.25) is 9.78 Å². The molecule has 1 aromatic rings. The minimum Gasteiger partial charge on any atom is -0.397 e. The fourth-order valence-electron chi connectivity index (χ4n) is 2.28. The minimum atomic E-state index is -4.40. The quantitative estimate of drug-likeness (QED) is 0.908. The summed E-state index contributed by atoms with van der Waals surface area (Å²) < 4.78 is 38.0. The number of hydrogen-bond acceptors (Lipinski definition) is 3. The highest BCUT2D eigenvalue weighted by Crippen LogP contribution is 2.36. The highest BCUT2D eigenvalue weighted by molar-refractivity contribution is 5.78. The van der Waals surface area contributed by atoms with Crippen LogP contribution >= 0.6 is 0 Å². The molecule has 0 radical (unpaired) electrons. The zero-order valence-electron chi connectivity index (χ0n) is 11.7. The van der Waals surface area contributed by atoms with E-state index in [9.17, 15) is 18.0 Å². The average Bonchev–Trinajstić information content (AvgIpc) is 3.21. The first-order valence-corrected chi connectivity index (χ1v) is 6.83. The highest BCUT2D eigenvalue weighted by atomic mass is 19.4. The molecule has 1 aliphatic carbocycles. The van der Waals surface area contributed by atoms with E-state index in [1.54, 1.807) is 19.1 Å². The Bertz CT molecular complexity index is 497. The smallest absolute Gasteiger partial charge is 0.397 e. The van der Waals surface area contributed by atoms with Crippen LogP contribution in [0.3, 0.4) is 0 Å². The van der Waals surface area contributed by atoms with E-state index in [1.165, 1.54) is 6.20 Å². The molecule has 1 aromatic heterocycles. The third-order valence-electron chi connectivity index (χ3n) is 3.65. The van der Waals surface area contributed by atoms with E-state index >= 15 is 0 Å². The number of carbonyl (C=O) groups is 1. The van der Waals surface area contributed by atoms with Crippen molar-refractivity contribution in [2.75, 3.05) is 12.3 Å². The van der Waals surface area contributed by atoms with Gasteiger partial charge in [-0.05, 0) is 37.8 Å². The zero-order valence-corrected chi connectivity index (χ0v) is 11.7. The fraction of sp³-hybridized carbons (Fsp3) is 0.571. The molecular weight excluding hydrogens is 283 g/mol. The maximum Gasteiger partial charge on any atom is 0.406 e. The topological polar surface area (TPSA) is 59.2 Å². The number of carbonyl (C=O) groups excluding carboxylic acids is 1. The summed E-state index contributed by atoms with van der Waals surface area (Å²) in [6, 6.07) is 2.74. The van der Waals surface area contributed by atoms with Crippen molar-refractivity contribution >= 4 is 11.6 Å². The number of nitrogens with two attached hydrogens (primary N) is 1. The molecule has 0 spiro atoms. The van der Waals surface area contributed by atoms with E-state index in [4.69, 9.17) is 5.73 Å². The third-order valence-corrected chi connectivity index (χ3v) is 3.65. The van der Waals surface area contributed by atoms with Crippen LogP contribution < -0.4 is 5.73 Å². The highest BCUT2D eigenvalue weighted by Gasteiger charge is 2.40. The maximum absolute atomic E-state index is 12.7. The van der Waals surface area contributed by atoms with E-state index in [1.807, 2.05) is 0 Å². The Hall–Kier alpha value is -1.79. The molecule has 21 heavy (non-hydrogen) atoms. The number of nitrogen functional groups attached to an aromatic ring is 1. The number of hydrogen-bond donors (Lipinski definition) is 1. The molecule has 1 heterocycles. The molecular formula is C14H18F3N3O. The van der Waals surface area contributed by atoms with Gasteiger partial charge in [0.1, 0.15) is 6.54 Å². The van der Waals surface area contributed by atoms with Gasteiger partial charge in [-0.15, -0.1) is 0 Å². The van der Waals surface area contributed by atoms with Crippen molar-refractivity contribution < 1.29 is 18.0 Å². The number of anilines is 1. The number of amides is 1. The molecule has 2 N–H and O–H groups in total. The Morgan fingerprint density at radius 1 is 1.48 bits per heavy atom. The van der Waals surface area contributed by atoms with Crippen molar-refractivity contribution in [2.45, 2.75) is 38.4 Å². The lowest BCUT2D eigenvalue weighted by atomic mass is 10.1. The fourth-order valence-corrected chi connectivity index (χ4v) is 2.28. The standard InChI is InChI=1S/C14H18F3N3O/c1-9(10-2-3-10)20(8-14(15,16)17)13(21)6-12-5-4-11(18)7-19-12/h4-5,7,9-10H,2-3,6,8,18H2,1H3. The van der Waals surface area contributed by atoms with Gasteiger partial charge in [0.2, 0.25) is 5.91 Å². The van der Waals surface area contributed by atoms with Crippen LogP contribution in [0.5, 0.6) is 0 Å². The summed E-state index contributed by atoms with van der Waals surface area (Å²) in [5.41, 5.74) is 6.36. The maximum atomic E-state index is 12.7. The molecule has 4 nitrogen and oxygen atoms in total. The van der Waals surface area contributed by atoms with Crippen LogP contribution in [0.25, 0.3) is 0 Å². The average molecular weight is 301 g/mol. The summed E-state index contributed by atoms with van der Waals surface area (Å²) in [6.07, 6.45) is -1.40. The minimum absolute atomic E-state index is 0.145.